The summed E-state index contributed by atoms with van der Waals surface area (Å²) >= 11 is 3.13. The van der Waals surface area contributed by atoms with Gasteiger partial charge >= 0.3 is 0 Å². The highest BCUT2D eigenvalue weighted by Gasteiger charge is 2.30. The van der Waals surface area contributed by atoms with Crippen molar-refractivity contribution < 1.29 is 14.4 Å². The average molecular weight is 308 g/mol. The topological polar surface area (TPSA) is 63.2 Å². The van der Waals surface area contributed by atoms with Gasteiger partial charge in [0.25, 0.3) is 0 Å². The minimum Gasteiger partial charge on any atom is -0.326 e. The molecule has 5 heteroatoms. The van der Waals surface area contributed by atoms with Crippen LogP contribution < -0.4 is 5.32 Å². The number of ketones is 2. The van der Waals surface area contributed by atoms with Gasteiger partial charge in [-0.1, -0.05) is 12.1 Å². The lowest BCUT2D eigenvalue weighted by molar-refractivity contribution is -0.114. The van der Waals surface area contributed by atoms with E-state index >= 15 is 0 Å². The Morgan fingerprint density at radius 2 is 1.89 bits per heavy atom. The molecule has 18 heavy (non-hydrogen) atoms. The summed E-state index contributed by atoms with van der Waals surface area (Å²) in [4.78, 5) is 35.3. The van der Waals surface area contributed by atoms with E-state index in [0.717, 1.165) is 0 Å². The molecule has 1 aliphatic carbocycles. The number of fused-ring (bicyclic) bond motifs is 1. The van der Waals surface area contributed by atoms with Gasteiger partial charge in [-0.3, -0.25) is 14.4 Å². The van der Waals surface area contributed by atoms with Crippen LogP contribution in [0.25, 0.3) is 0 Å². The first-order chi connectivity index (χ1) is 8.43. The summed E-state index contributed by atoms with van der Waals surface area (Å²) in [5.41, 5.74) is 1.30. The molecule has 1 aliphatic rings. The van der Waals surface area contributed by atoms with Crippen LogP contribution >= 0.6 is 15.9 Å². The van der Waals surface area contributed by atoms with Crippen LogP contribution in [0.2, 0.25) is 0 Å². The van der Waals surface area contributed by atoms with Gasteiger partial charge < -0.3 is 5.32 Å². The van der Waals surface area contributed by atoms with Crippen molar-refractivity contribution in [2.75, 3.05) is 5.32 Å². The summed E-state index contributed by atoms with van der Waals surface area (Å²) in [5, 5.41) is 2.57. The molecule has 0 heterocycles. The number of hydrogen-bond acceptors (Lipinski definition) is 3. The smallest absolute Gasteiger partial charge is 0.221 e. The zero-order chi connectivity index (χ0) is 13.4. The minimum absolute atomic E-state index is 0.241. The number of Topliss-reactive ketones (excluding diaryl/α,β-unsaturated/α-hetero) is 2. The second-order valence-electron chi connectivity index (χ2n) is 4.01. The lowest BCUT2D eigenvalue weighted by atomic mass is 9.89. The Morgan fingerprint density at radius 1 is 1.22 bits per heavy atom. The summed E-state index contributed by atoms with van der Waals surface area (Å²) in [6, 6.07) is 4.82. The SMILES string of the molecule is CC(=O)Nc1cccc2c1C(=O)C(C)=C(Br)C2=O. The number of carbonyl (C=O) groups is 3. The molecule has 0 aliphatic heterocycles. The molecule has 1 aromatic rings. The lowest BCUT2D eigenvalue weighted by Gasteiger charge is -2.18. The van der Waals surface area contributed by atoms with E-state index in [-0.39, 0.29) is 27.5 Å². The van der Waals surface area contributed by atoms with Gasteiger partial charge in [0.2, 0.25) is 11.7 Å². The quantitative estimate of drug-likeness (QED) is 0.867. The van der Waals surface area contributed by atoms with Crippen LogP contribution in [0.5, 0.6) is 0 Å². The molecule has 0 fully saturated rings. The molecule has 1 N–H and O–H groups in total. The summed E-state index contributed by atoms with van der Waals surface area (Å²) in [5.74, 6) is -0.773. The van der Waals surface area contributed by atoms with E-state index < -0.39 is 0 Å². The number of allylic oxidation sites excluding steroid dienone is 2. The van der Waals surface area contributed by atoms with Crippen LogP contribution in [0, 0.1) is 0 Å². The van der Waals surface area contributed by atoms with Gasteiger partial charge in [0.05, 0.1) is 15.7 Å². The fourth-order valence-corrected chi connectivity index (χ4v) is 2.25. The van der Waals surface area contributed by atoms with Crippen molar-refractivity contribution in [1.82, 2.24) is 0 Å². The van der Waals surface area contributed by atoms with Crippen LogP contribution in [0.15, 0.2) is 28.3 Å². The molecular formula is C13H10BrNO3. The third-order valence-electron chi connectivity index (χ3n) is 2.72. The van der Waals surface area contributed by atoms with Crippen LogP contribution in [-0.4, -0.2) is 17.5 Å². The lowest BCUT2D eigenvalue weighted by Crippen LogP contribution is -2.21. The molecule has 1 amide bonds. The number of halogens is 1. The van der Waals surface area contributed by atoms with Gasteiger partial charge in [-0.25, -0.2) is 0 Å². The van der Waals surface area contributed by atoms with E-state index in [0.29, 0.717) is 16.8 Å². The number of hydrogen-bond donors (Lipinski definition) is 1. The molecule has 1 aromatic carbocycles. The van der Waals surface area contributed by atoms with Gasteiger partial charge in [0.15, 0.2) is 5.78 Å². The summed E-state index contributed by atoms with van der Waals surface area (Å²) in [7, 11) is 0. The Labute approximate surface area is 112 Å². The van der Waals surface area contributed by atoms with Crippen molar-refractivity contribution in [1.29, 1.82) is 0 Å². The molecule has 0 unspecified atom stereocenters. The van der Waals surface area contributed by atoms with E-state index in [2.05, 4.69) is 21.2 Å². The molecule has 0 spiro atoms. The monoisotopic (exact) mass is 307 g/mol. The second-order valence-corrected chi connectivity index (χ2v) is 4.80. The summed E-state index contributed by atoms with van der Waals surface area (Å²) in [6.07, 6.45) is 0. The second kappa shape index (κ2) is 4.49. The Kier molecular flexibility index (Phi) is 3.17. The van der Waals surface area contributed by atoms with Crippen molar-refractivity contribution in [3.8, 4) is 0 Å². The Bertz CT molecular complexity index is 617. The van der Waals surface area contributed by atoms with Crippen LogP contribution in [0.1, 0.15) is 34.6 Å². The van der Waals surface area contributed by atoms with Crippen LogP contribution in [0.4, 0.5) is 5.69 Å². The molecule has 2 rings (SSSR count). The highest BCUT2D eigenvalue weighted by Crippen LogP contribution is 2.33. The largest absolute Gasteiger partial charge is 0.326 e. The highest BCUT2D eigenvalue weighted by atomic mass is 79.9. The number of amides is 1. The first-order valence-electron chi connectivity index (χ1n) is 5.30. The fraction of sp³-hybridized carbons (Fsp3) is 0.154. The van der Waals surface area contributed by atoms with Gasteiger partial charge in [-0.05, 0) is 28.9 Å². The molecule has 0 saturated carbocycles. The van der Waals surface area contributed by atoms with Crippen molar-refractivity contribution in [2.24, 2.45) is 0 Å². The zero-order valence-electron chi connectivity index (χ0n) is 9.83. The van der Waals surface area contributed by atoms with E-state index in [1.54, 1.807) is 25.1 Å². The molecule has 0 bridgehead atoms. The van der Waals surface area contributed by atoms with E-state index in [4.69, 9.17) is 0 Å². The van der Waals surface area contributed by atoms with Crippen LogP contribution in [-0.2, 0) is 4.79 Å². The van der Waals surface area contributed by atoms with Gasteiger partial charge in [-0.2, -0.15) is 0 Å². The fourth-order valence-electron chi connectivity index (χ4n) is 1.86. The predicted octanol–water partition coefficient (Wildman–Crippen LogP) is 2.69. The first-order valence-corrected chi connectivity index (χ1v) is 6.09. The molecule has 4 nitrogen and oxygen atoms in total. The predicted molar refractivity (Wildman–Crippen MR) is 71.0 cm³/mol. The molecule has 0 aromatic heterocycles. The van der Waals surface area contributed by atoms with Crippen molar-refractivity contribution in [2.45, 2.75) is 13.8 Å². The molecule has 0 atom stereocenters. The Balaban J connectivity index is 2.67. The van der Waals surface area contributed by atoms with Crippen molar-refractivity contribution in [3.05, 3.63) is 39.4 Å². The van der Waals surface area contributed by atoms with Gasteiger partial charge in [0.1, 0.15) is 0 Å². The number of nitrogens with one attached hydrogen (secondary N) is 1. The Hall–Kier alpha value is -1.75. The summed E-state index contributed by atoms with van der Waals surface area (Å²) in [6.45, 7) is 2.94. The number of carbonyl (C=O) groups excluding carboxylic acids is 3. The molecule has 0 saturated heterocycles. The first kappa shape index (κ1) is 12.7. The zero-order valence-corrected chi connectivity index (χ0v) is 11.4. The minimum atomic E-state index is -0.282. The van der Waals surface area contributed by atoms with Crippen LogP contribution in [0.3, 0.4) is 0 Å². The maximum Gasteiger partial charge on any atom is 0.221 e. The number of rotatable bonds is 1. The molecule has 0 radical (unpaired) electrons. The summed E-state index contributed by atoms with van der Waals surface area (Å²) < 4.78 is 0.278. The third kappa shape index (κ3) is 1.90. The Morgan fingerprint density at radius 3 is 2.50 bits per heavy atom. The van der Waals surface area contributed by atoms with E-state index in [1.165, 1.54) is 6.92 Å². The maximum absolute atomic E-state index is 12.2. The normalized spacial score (nSPS) is 14.6. The third-order valence-corrected chi connectivity index (χ3v) is 3.67. The number of anilines is 1. The standard InChI is InChI=1S/C13H10BrNO3/c1-6-11(14)13(18)8-4-3-5-9(15-7(2)16)10(8)12(6)17/h3-5H,1-2H3,(H,15,16). The molecular weight excluding hydrogens is 298 g/mol. The van der Waals surface area contributed by atoms with Crippen molar-refractivity contribution in [3.63, 3.8) is 0 Å². The van der Waals surface area contributed by atoms with E-state index in [9.17, 15) is 14.4 Å². The molecule has 92 valence electrons. The maximum atomic E-state index is 12.2. The van der Waals surface area contributed by atoms with Gasteiger partial charge in [-0.15, -0.1) is 0 Å². The van der Waals surface area contributed by atoms with Gasteiger partial charge in [0, 0.05) is 18.1 Å². The average Bonchev–Trinajstić information content (AvgIpc) is 2.32. The van der Waals surface area contributed by atoms with E-state index in [1.807, 2.05) is 0 Å². The van der Waals surface area contributed by atoms with Crippen molar-refractivity contribution >= 4 is 39.1 Å². The number of benzene rings is 1. The highest BCUT2D eigenvalue weighted by molar-refractivity contribution is 9.12.